The number of rotatable bonds is 4. The second-order valence-corrected chi connectivity index (χ2v) is 7.77. The molecule has 1 heterocycles. The number of benzene rings is 4. The van der Waals surface area contributed by atoms with Crippen molar-refractivity contribution in [2.75, 3.05) is 0 Å². The number of primary amides is 1. The fourth-order valence-corrected chi connectivity index (χ4v) is 4.27. The Morgan fingerprint density at radius 2 is 1.53 bits per heavy atom. The lowest BCUT2D eigenvalue weighted by molar-refractivity contribution is -0.118. The molecule has 0 radical (unpaired) electrons. The zero-order valence-corrected chi connectivity index (χ0v) is 16.7. The maximum atomic E-state index is 12.7. The van der Waals surface area contributed by atoms with Crippen molar-refractivity contribution < 1.29 is 4.79 Å². The van der Waals surface area contributed by atoms with Gasteiger partial charge in [-0.3, -0.25) is 4.79 Å². The van der Waals surface area contributed by atoms with Gasteiger partial charge in [0, 0.05) is 16.5 Å². The quantitative estimate of drug-likeness (QED) is 0.393. The first kappa shape index (κ1) is 18.2. The van der Waals surface area contributed by atoms with Gasteiger partial charge in [-0.2, -0.15) is 0 Å². The largest absolute Gasteiger partial charge is 0.369 e. The molecule has 1 atom stereocenters. The van der Waals surface area contributed by atoms with Gasteiger partial charge in [-0.15, -0.1) is 0 Å². The van der Waals surface area contributed by atoms with E-state index in [1.54, 1.807) is 0 Å². The smallest absolute Gasteiger partial charge is 0.229 e. The van der Waals surface area contributed by atoms with Crippen molar-refractivity contribution >= 4 is 27.6 Å². The molecule has 30 heavy (non-hydrogen) atoms. The highest BCUT2D eigenvalue weighted by molar-refractivity contribution is 6.00. The van der Waals surface area contributed by atoms with Crippen LogP contribution in [0.1, 0.15) is 22.6 Å². The molecule has 4 aromatic carbocycles. The minimum atomic E-state index is -0.539. The van der Waals surface area contributed by atoms with Crippen molar-refractivity contribution in [3.63, 3.8) is 0 Å². The van der Waals surface area contributed by atoms with E-state index in [1.165, 1.54) is 5.39 Å². The van der Waals surface area contributed by atoms with Crippen LogP contribution in [0.15, 0.2) is 91.0 Å². The lowest BCUT2D eigenvalue weighted by Gasteiger charge is -2.17. The molecule has 146 valence electrons. The second kappa shape index (κ2) is 7.20. The van der Waals surface area contributed by atoms with E-state index >= 15 is 0 Å². The van der Waals surface area contributed by atoms with Crippen molar-refractivity contribution in [3.8, 4) is 11.3 Å². The van der Waals surface area contributed by atoms with Gasteiger partial charge in [0.25, 0.3) is 0 Å². The van der Waals surface area contributed by atoms with Crippen LogP contribution in [-0.4, -0.2) is 10.9 Å². The summed E-state index contributed by atoms with van der Waals surface area (Å²) >= 11 is 0. The summed E-state index contributed by atoms with van der Waals surface area (Å²) in [6.45, 7) is 2.04. The van der Waals surface area contributed by atoms with Crippen LogP contribution in [0, 0.1) is 6.92 Å². The number of para-hydroxylation sites is 1. The fourth-order valence-electron chi connectivity index (χ4n) is 4.27. The highest BCUT2D eigenvalue weighted by Crippen LogP contribution is 2.39. The Balaban J connectivity index is 1.79. The molecule has 0 spiro atoms. The van der Waals surface area contributed by atoms with Gasteiger partial charge >= 0.3 is 0 Å². The van der Waals surface area contributed by atoms with Crippen LogP contribution >= 0.6 is 0 Å². The molecule has 3 heteroatoms. The van der Waals surface area contributed by atoms with Crippen molar-refractivity contribution in [3.05, 3.63) is 108 Å². The second-order valence-electron chi connectivity index (χ2n) is 7.77. The fraction of sp³-hybridized carbons (Fsp3) is 0.0741. The molecule has 3 N–H and O–H groups in total. The molecule has 0 saturated heterocycles. The van der Waals surface area contributed by atoms with Crippen molar-refractivity contribution in [1.82, 2.24) is 4.98 Å². The average molecular weight is 390 g/mol. The summed E-state index contributed by atoms with van der Waals surface area (Å²) in [7, 11) is 0. The highest BCUT2D eigenvalue weighted by Gasteiger charge is 2.27. The maximum absolute atomic E-state index is 12.7. The molecular formula is C27H22N2O. The number of carbonyl (C=O) groups is 1. The van der Waals surface area contributed by atoms with Crippen LogP contribution in [0.4, 0.5) is 0 Å². The van der Waals surface area contributed by atoms with Crippen LogP contribution in [0.25, 0.3) is 32.9 Å². The topological polar surface area (TPSA) is 58.9 Å². The number of nitrogens with two attached hydrogens (primary N) is 1. The number of amides is 1. The molecule has 5 aromatic rings. The molecule has 0 aliphatic rings. The van der Waals surface area contributed by atoms with Gasteiger partial charge in [0.2, 0.25) is 5.91 Å². The van der Waals surface area contributed by atoms with Crippen LogP contribution in [0.5, 0.6) is 0 Å². The van der Waals surface area contributed by atoms with E-state index in [4.69, 9.17) is 5.73 Å². The first-order valence-electron chi connectivity index (χ1n) is 10.1. The molecule has 0 aliphatic heterocycles. The molecule has 1 unspecified atom stereocenters. The standard InChI is InChI=1S/C27H22N2O/c1-17-10-12-19(13-11-17)24(27(28)30)25-22-8-4-5-9-23(22)29-26(25)21-15-14-18-6-2-3-7-20(18)16-21/h2-16,24,29H,1H3,(H2,28,30). The number of aromatic nitrogens is 1. The van der Waals surface area contributed by atoms with Crippen LogP contribution < -0.4 is 5.73 Å². The van der Waals surface area contributed by atoms with Gasteiger partial charge in [0.15, 0.2) is 0 Å². The Kier molecular flexibility index (Phi) is 4.36. The molecule has 3 nitrogen and oxygen atoms in total. The number of hydrogen-bond acceptors (Lipinski definition) is 1. The van der Waals surface area contributed by atoms with E-state index in [2.05, 4.69) is 41.4 Å². The third kappa shape index (κ3) is 3.05. The number of nitrogens with one attached hydrogen (secondary N) is 1. The van der Waals surface area contributed by atoms with Gasteiger partial charge < -0.3 is 10.7 Å². The molecule has 5 rings (SSSR count). The Bertz CT molecular complexity index is 1380. The summed E-state index contributed by atoms with van der Waals surface area (Å²) in [5.74, 6) is -0.895. The van der Waals surface area contributed by atoms with E-state index in [1.807, 2.05) is 61.5 Å². The molecule has 1 aromatic heterocycles. The van der Waals surface area contributed by atoms with Crippen LogP contribution in [0.2, 0.25) is 0 Å². The number of fused-ring (bicyclic) bond motifs is 2. The number of carbonyl (C=O) groups excluding carboxylic acids is 1. The van der Waals surface area contributed by atoms with E-state index in [0.717, 1.165) is 44.2 Å². The summed E-state index contributed by atoms with van der Waals surface area (Å²) in [4.78, 5) is 16.3. The summed E-state index contributed by atoms with van der Waals surface area (Å²) in [6.07, 6.45) is 0. The molecule has 0 aliphatic carbocycles. The predicted molar refractivity (Wildman–Crippen MR) is 123 cm³/mol. The zero-order valence-electron chi connectivity index (χ0n) is 16.7. The molecular weight excluding hydrogens is 368 g/mol. The Morgan fingerprint density at radius 1 is 0.833 bits per heavy atom. The Labute approximate surface area is 175 Å². The third-order valence-electron chi connectivity index (χ3n) is 5.77. The normalized spacial score (nSPS) is 12.3. The first-order valence-corrected chi connectivity index (χ1v) is 10.1. The lowest BCUT2D eigenvalue weighted by Crippen LogP contribution is -2.22. The van der Waals surface area contributed by atoms with Gasteiger partial charge in [0.1, 0.15) is 0 Å². The lowest BCUT2D eigenvalue weighted by atomic mass is 9.86. The molecule has 0 bridgehead atoms. The number of hydrogen-bond donors (Lipinski definition) is 2. The minimum absolute atomic E-state index is 0.356. The van der Waals surface area contributed by atoms with E-state index < -0.39 is 5.92 Å². The monoisotopic (exact) mass is 390 g/mol. The van der Waals surface area contributed by atoms with Crippen molar-refractivity contribution in [2.24, 2.45) is 5.73 Å². The van der Waals surface area contributed by atoms with E-state index in [-0.39, 0.29) is 5.91 Å². The number of aryl methyl sites for hydroxylation is 1. The first-order chi connectivity index (χ1) is 14.6. The Hall–Kier alpha value is -3.85. The SMILES string of the molecule is Cc1ccc(C(C(N)=O)c2c(-c3ccc4ccccc4c3)[nH]c3ccccc23)cc1. The van der Waals surface area contributed by atoms with Crippen molar-refractivity contribution in [1.29, 1.82) is 0 Å². The third-order valence-corrected chi connectivity index (χ3v) is 5.77. The van der Waals surface area contributed by atoms with Crippen LogP contribution in [-0.2, 0) is 4.79 Å². The molecule has 0 fully saturated rings. The molecule has 1 amide bonds. The van der Waals surface area contributed by atoms with Crippen molar-refractivity contribution in [2.45, 2.75) is 12.8 Å². The average Bonchev–Trinajstić information content (AvgIpc) is 3.14. The summed E-state index contributed by atoms with van der Waals surface area (Å²) in [5.41, 5.74) is 11.9. The maximum Gasteiger partial charge on any atom is 0.229 e. The predicted octanol–water partition coefficient (Wildman–Crippen LogP) is 5.91. The molecule has 0 saturated carbocycles. The van der Waals surface area contributed by atoms with E-state index in [0.29, 0.717) is 0 Å². The zero-order chi connectivity index (χ0) is 20.7. The summed E-state index contributed by atoms with van der Waals surface area (Å²) in [6, 6.07) is 30.8. The Morgan fingerprint density at radius 3 is 2.30 bits per heavy atom. The van der Waals surface area contributed by atoms with E-state index in [9.17, 15) is 4.79 Å². The highest BCUT2D eigenvalue weighted by atomic mass is 16.1. The van der Waals surface area contributed by atoms with Gasteiger partial charge in [-0.25, -0.2) is 0 Å². The van der Waals surface area contributed by atoms with Gasteiger partial charge in [-0.05, 0) is 41.0 Å². The minimum Gasteiger partial charge on any atom is -0.369 e. The van der Waals surface area contributed by atoms with Gasteiger partial charge in [0.05, 0.1) is 11.6 Å². The number of H-pyrrole nitrogens is 1. The number of aromatic amines is 1. The summed E-state index contributed by atoms with van der Waals surface area (Å²) < 4.78 is 0. The van der Waals surface area contributed by atoms with Gasteiger partial charge in [-0.1, -0.05) is 84.4 Å². The summed E-state index contributed by atoms with van der Waals surface area (Å²) in [5, 5.41) is 3.36. The van der Waals surface area contributed by atoms with Crippen LogP contribution in [0.3, 0.4) is 0 Å².